The number of nitrogens with zero attached hydrogens (tertiary/aromatic N) is 1. The molecule has 0 saturated heterocycles. The molecule has 1 aromatic heterocycles. The standard InChI is InChI=1S/C14H21N3O/c1-9-3-4-13(10(2)7-9)17-14(18)11-5-6-16-8-12(11)15/h5-6,8-10,13H,3-4,7,15H2,1-2H3,(H,17,18). The molecule has 3 unspecified atom stereocenters. The molecule has 1 amide bonds. The van der Waals surface area contributed by atoms with Gasteiger partial charge in [0.05, 0.1) is 17.4 Å². The second kappa shape index (κ2) is 5.38. The van der Waals surface area contributed by atoms with Crippen molar-refractivity contribution in [1.29, 1.82) is 0 Å². The Balaban J connectivity index is 2.02. The van der Waals surface area contributed by atoms with Gasteiger partial charge in [-0.2, -0.15) is 0 Å². The van der Waals surface area contributed by atoms with Gasteiger partial charge in [-0.05, 0) is 37.2 Å². The van der Waals surface area contributed by atoms with Crippen molar-refractivity contribution >= 4 is 11.6 Å². The average molecular weight is 247 g/mol. The van der Waals surface area contributed by atoms with Crippen LogP contribution in [0.5, 0.6) is 0 Å². The topological polar surface area (TPSA) is 68.0 Å². The van der Waals surface area contributed by atoms with Crippen molar-refractivity contribution in [3.8, 4) is 0 Å². The van der Waals surface area contributed by atoms with Gasteiger partial charge in [-0.25, -0.2) is 0 Å². The summed E-state index contributed by atoms with van der Waals surface area (Å²) in [7, 11) is 0. The molecular weight excluding hydrogens is 226 g/mol. The molecule has 1 aliphatic rings. The van der Waals surface area contributed by atoms with Crippen LogP contribution in [0.4, 0.5) is 5.69 Å². The van der Waals surface area contributed by atoms with Gasteiger partial charge in [0.2, 0.25) is 0 Å². The molecule has 1 fully saturated rings. The molecule has 0 bridgehead atoms. The van der Waals surface area contributed by atoms with Gasteiger partial charge in [0.25, 0.3) is 5.91 Å². The van der Waals surface area contributed by atoms with E-state index in [4.69, 9.17) is 5.73 Å². The summed E-state index contributed by atoms with van der Waals surface area (Å²) in [6.45, 7) is 4.48. The molecule has 3 atom stereocenters. The van der Waals surface area contributed by atoms with Crippen LogP contribution in [0.15, 0.2) is 18.5 Å². The zero-order chi connectivity index (χ0) is 13.1. The third kappa shape index (κ3) is 2.81. The molecule has 1 saturated carbocycles. The molecule has 0 aliphatic heterocycles. The Kier molecular flexibility index (Phi) is 3.84. The fourth-order valence-corrected chi connectivity index (χ4v) is 2.74. The van der Waals surface area contributed by atoms with E-state index in [1.807, 2.05) is 0 Å². The van der Waals surface area contributed by atoms with Gasteiger partial charge in [-0.15, -0.1) is 0 Å². The van der Waals surface area contributed by atoms with Crippen molar-refractivity contribution < 1.29 is 4.79 Å². The smallest absolute Gasteiger partial charge is 0.253 e. The van der Waals surface area contributed by atoms with E-state index in [0.29, 0.717) is 17.2 Å². The third-order valence-corrected chi connectivity index (χ3v) is 3.84. The maximum absolute atomic E-state index is 12.1. The number of hydrogen-bond acceptors (Lipinski definition) is 3. The zero-order valence-corrected chi connectivity index (χ0v) is 11.0. The van der Waals surface area contributed by atoms with Crippen LogP contribution in [0.25, 0.3) is 0 Å². The quantitative estimate of drug-likeness (QED) is 0.842. The lowest BCUT2D eigenvalue weighted by atomic mass is 9.80. The van der Waals surface area contributed by atoms with Gasteiger partial charge in [-0.3, -0.25) is 9.78 Å². The Morgan fingerprint density at radius 3 is 2.89 bits per heavy atom. The van der Waals surface area contributed by atoms with Crippen molar-refractivity contribution in [3.05, 3.63) is 24.0 Å². The van der Waals surface area contributed by atoms with E-state index in [2.05, 4.69) is 24.1 Å². The molecule has 1 aliphatic carbocycles. The fourth-order valence-electron chi connectivity index (χ4n) is 2.74. The lowest BCUT2D eigenvalue weighted by Crippen LogP contribution is -2.42. The van der Waals surface area contributed by atoms with E-state index in [0.717, 1.165) is 12.3 Å². The summed E-state index contributed by atoms with van der Waals surface area (Å²) in [4.78, 5) is 16.0. The summed E-state index contributed by atoms with van der Waals surface area (Å²) in [5.41, 5.74) is 6.72. The van der Waals surface area contributed by atoms with Gasteiger partial charge in [-0.1, -0.05) is 13.8 Å². The van der Waals surface area contributed by atoms with Gasteiger partial charge >= 0.3 is 0 Å². The number of anilines is 1. The zero-order valence-electron chi connectivity index (χ0n) is 11.0. The number of nitrogen functional groups attached to an aromatic ring is 1. The van der Waals surface area contributed by atoms with Crippen molar-refractivity contribution in [3.63, 3.8) is 0 Å². The Hall–Kier alpha value is -1.58. The number of hydrogen-bond donors (Lipinski definition) is 2. The van der Waals surface area contributed by atoms with Crippen molar-refractivity contribution in [1.82, 2.24) is 10.3 Å². The predicted molar refractivity (Wildman–Crippen MR) is 72.1 cm³/mol. The molecule has 3 N–H and O–H groups in total. The fraction of sp³-hybridized carbons (Fsp3) is 0.571. The predicted octanol–water partition coefficient (Wildman–Crippen LogP) is 2.22. The van der Waals surface area contributed by atoms with Crippen LogP contribution in [0.2, 0.25) is 0 Å². The highest BCUT2D eigenvalue weighted by Gasteiger charge is 2.27. The number of carbonyl (C=O) groups excluding carboxylic acids is 1. The summed E-state index contributed by atoms with van der Waals surface area (Å²) in [6.07, 6.45) is 6.52. The lowest BCUT2D eigenvalue weighted by Gasteiger charge is -2.33. The van der Waals surface area contributed by atoms with E-state index in [9.17, 15) is 4.79 Å². The third-order valence-electron chi connectivity index (χ3n) is 3.84. The number of pyridine rings is 1. The maximum atomic E-state index is 12.1. The molecule has 2 rings (SSSR count). The normalized spacial score (nSPS) is 27.8. The second-order valence-electron chi connectivity index (χ2n) is 5.44. The maximum Gasteiger partial charge on any atom is 0.253 e. The van der Waals surface area contributed by atoms with Crippen LogP contribution < -0.4 is 11.1 Å². The molecule has 0 radical (unpaired) electrons. The number of aromatic nitrogens is 1. The van der Waals surface area contributed by atoms with Crippen LogP contribution in [0.1, 0.15) is 43.5 Å². The second-order valence-corrected chi connectivity index (χ2v) is 5.44. The SMILES string of the molecule is CC1CCC(NC(=O)c2ccncc2N)C(C)C1. The molecule has 0 spiro atoms. The summed E-state index contributed by atoms with van der Waals surface area (Å²) >= 11 is 0. The van der Waals surface area contributed by atoms with Crippen LogP contribution in [0, 0.1) is 11.8 Å². The first-order valence-corrected chi connectivity index (χ1v) is 6.58. The van der Waals surface area contributed by atoms with Crippen LogP contribution in [-0.4, -0.2) is 16.9 Å². The number of nitrogens with two attached hydrogens (primary N) is 1. The van der Waals surface area contributed by atoms with Gasteiger partial charge in [0.15, 0.2) is 0 Å². The van der Waals surface area contributed by atoms with Crippen LogP contribution in [-0.2, 0) is 0 Å². The Morgan fingerprint density at radius 1 is 1.44 bits per heavy atom. The first-order valence-electron chi connectivity index (χ1n) is 6.58. The molecule has 98 valence electrons. The first-order chi connectivity index (χ1) is 8.58. The minimum Gasteiger partial charge on any atom is -0.397 e. The molecule has 0 aromatic carbocycles. The summed E-state index contributed by atoms with van der Waals surface area (Å²) in [5, 5.41) is 3.10. The number of nitrogens with one attached hydrogen (secondary N) is 1. The minimum atomic E-state index is -0.0821. The van der Waals surface area contributed by atoms with Crippen molar-refractivity contribution in [2.45, 2.75) is 39.2 Å². The van der Waals surface area contributed by atoms with Crippen LogP contribution in [0.3, 0.4) is 0 Å². The van der Waals surface area contributed by atoms with E-state index in [1.54, 1.807) is 12.3 Å². The minimum absolute atomic E-state index is 0.0821. The summed E-state index contributed by atoms with van der Waals surface area (Å²) < 4.78 is 0. The highest BCUT2D eigenvalue weighted by molar-refractivity contribution is 5.99. The highest BCUT2D eigenvalue weighted by atomic mass is 16.1. The van der Waals surface area contributed by atoms with E-state index in [1.165, 1.54) is 19.0 Å². The number of carbonyl (C=O) groups is 1. The lowest BCUT2D eigenvalue weighted by molar-refractivity contribution is 0.0900. The van der Waals surface area contributed by atoms with E-state index >= 15 is 0 Å². The summed E-state index contributed by atoms with van der Waals surface area (Å²) in [5.74, 6) is 1.21. The van der Waals surface area contributed by atoms with Gasteiger partial charge < -0.3 is 11.1 Å². The Morgan fingerprint density at radius 2 is 2.22 bits per heavy atom. The van der Waals surface area contributed by atoms with Crippen LogP contribution >= 0.6 is 0 Å². The van der Waals surface area contributed by atoms with Gasteiger partial charge in [0, 0.05) is 12.2 Å². The Bertz CT molecular complexity index is 433. The van der Waals surface area contributed by atoms with Crippen molar-refractivity contribution in [2.24, 2.45) is 11.8 Å². The first kappa shape index (κ1) is 12.9. The molecule has 4 heteroatoms. The number of rotatable bonds is 2. The number of amides is 1. The Labute approximate surface area is 108 Å². The summed E-state index contributed by atoms with van der Waals surface area (Å²) in [6, 6.07) is 1.93. The molecule has 1 heterocycles. The molecular formula is C14H21N3O. The largest absolute Gasteiger partial charge is 0.397 e. The molecule has 4 nitrogen and oxygen atoms in total. The monoisotopic (exact) mass is 247 g/mol. The molecule has 18 heavy (non-hydrogen) atoms. The molecule has 1 aromatic rings. The van der Waals surface area contributed by atoms with E-state index < -0.39 is 0 Å². The average Bonchev–Trinajstić information content (AvgIpc) is 2.33. The van der Waals surface area contributed by atoms with Crippen molar-refractivity contribution in [2.75, 3.05) is 5.73 Å². The highest BCUT2D eigenvalue weighted by Crippen LogP contribution is 2.28. The van der Waals surface area contributed by atoms with Gasteiger partial charge in [0.1, 0.15) is 0 Å². The van der Waals surface area contributed by atoms with E-state index in [-0.39, 0.29) is 11.9 Å².